The number of aryl methyl sites for hydroxylation is 1. The zero-order valence-corrected chi connectivity index (χ0v) is 28.2. The Balaban J connectivity index is 1.35. The maximum Gasteiger partial charge on any atom is 0.337 e. The van der Waals surface area contributed by atoms with Crippen molar-refractivity contribution in [2.45, 2.75) is 42.9 Å². The zero-order valence-electron chi connectivity index (χ0n) is 27.4. The topological polar surface area (TPSA) is 19.6 Å². The minimum absolute atomic E-state index is 0.00313. The van der Waals surface area contributed by atoms with E-state index in [0.717, 1.165) is 22.5 Å². The average molecular weight is 637 g/mol. The summed E-state index contributed by atoms with van der Waals surface area (Å²) in [5.74, 6) is 0.891. The second kappa shape index (κ2) is 9.94. The van der Waals surface area contributed by atoms with Crippen molar-refractivity contribution in [3.05, 3.63) is 139 Å². The lowest BCUT2D eigenvalue weighted by atomic mass is 9.43. The molecule has 0 amide bonds. The van der Waals surface area contributed by atoms with Crippen molar-refractivity contribution in [3.8, 4) is 22.3 Å². The van der Waals surface area contributed by atoms with Crippen LogP contribution < -0.4 is 20.6 Å². The lowest BCUT2D eigenvalue weighted by molar-refractivity contribution is 0.590. The molecule has 0 atom stereocenters. The average Bonchev–Trinajstić information content (AvgIpc) is 3.48. The van der Waals surface area contributed by atoms with Crippen LogP contribution in [0.4, 0.5) is 28.6 Å². The van der Waals surface area contributed by atoms with Gasteiger partial charge in [0.1, 0.15) is 5.58 Å². The molecule has 10 rings (SSSR count). The molecule has 0 fully saturated rings. The van der Waals surface area contributed by atoms with Gasteiger partial charge in [-0.2, -0.15) is 0 Å². The predicted molar refractivity (Wildman–Crippen MR) is 203 cm³/mol. The third-order valence-electron chi connectivity index (χ3n) is 10.2. The smallest absolute Gasteiger partial charge is 0.337 e. The first-order valence-electron chi connectivity index (χ1n) is 16.7. The molecular weight excluding hydrogens is 603 g/mol. The first-order chi connectivity index (χ1) is 23.4. The van der Waals surface area contributed by atoms with E-state index in [4.69, 9.17) is 4.42 Å². The summed E-state index contributed by atoms with van der Waals surface area (Å²) in [6.07, 6.45) is 0. The Hall–Kier alpha value is -5.13. The number of para-hydroxylation sites is 3. The number of hydrogen-bond acceptors (Lipinski definition) is 4. The van der Waals surface area contributed by atoms with Crippen molar-refractivity contribution in [2.24, 2.45) is 0 Å². The molecule has 4 heterocycles. The van der Waals surface area contributed by atoms with Crippen LogP contribution in [0.15, 0.2) is 142 Å². The Labute approximate surface area is 285 Å². The summed E-state index contributed by atoms with van der Waals surface area (Å²) in [6.45, 7) is 9.03. The van der Waals surface area contributed by atoms with Crippen LogP contribution in [0.2, 0.25) is 0 Å². The van der Waals surface area contributed by atoms with Gasteiger partial charge in [0.15, 0.2) is 0 Å². The fourth-order valence-corrected chi connectivity index (χ4v) is 9.18. The molecule has 230 valence electrons. The molecule has 0 saturated heterocycles. The molecule has 48 heavy (non-hydrogen) atoms. The minimum atomic E-state index is -0.0600. The minimum Gasteiger partial charge on any atom is -0.440 e. The Bertz CT molecular complexity index is 2460. The van der Waals surface area contributed by atoms with Gasteiger partial charge in [-0.3, -0.25) is 4.90 Å². The van der Waals surface area contributed by atoms with Crippen molar-refractivity contribution in [3.63, 3.8) is 0 Å². The fourth-order valence-electron chi connectivity index (χ4n) is 8.07. The Morgan fingerprint density at radius 3 is 2.25 bits per heavy atom. The highest BCUT2D eigenvalue weighted by atomic mass is 32.2. The molecular formula is C43H33BN2OS. The fraction of sp³-hybridized carbons (Fsp3) is 0.116. The highest BCUT2D eigenvalue weighted by molar-refractivity contribution is 7.99. The molecule has 1 aromatic heterocycles. The van der Waals surface area contributed by atoms with E-state index in [1.165, 1.54) is 71.2 Å². The molecule has 0 unspecified atom stereocenters. The van der Waals surface area contributed by atoms with Crippen molar-refractivity contribution < 1.29 is 4.42 Å². The van der Waals surface area contributed by atoms with Crippen LogP contribution in [0, 0.1) is 6.92 Å². The summed E-state index contributed by atoms with van der Waals surface area (Å²) in [4.78, 5) is 7.60. The zero-order chi connectivity index (χ0) is 32.3. The van der Waals surface area contributed by atoms with Crippen LogP contribution in [0.25, 0.3) is 33.2 Å². The van der Waals surface area contributed by atoms with Crippen LogP contribution >= 0.6 is 11.8 Å². The van der Waals surface area contributed by atoms with E-state index in [1.54, 1.807) is 0 Å². The van der Waals surface area contributed by atoms with Crippen LogP contribution in [0.5, 0.6) is 0 Å². The van der Waals surface area contributed by atoms with Gasteiger partial charge in [-0.1, -0.05) is 117 Å². The SMILES string of the molecule is Cc1cc2c3c(c1)N(c1ccc(C(C)(C)C)cc1-c1ccccc1)c1oc4ccccc4c1B3N1c3ccccc3Sc3cccc-2c31. The van der Waals surface area contributed by atoms with E-state index in [2.05, 4.69) is 165 Å². The molecule has 3 aliphatic rings. The van der Waals surface area contributed by atoms with Gasteiger partial charge in [0.2, 0.25) is 5.88 Å². The van der Waals surface area contributed by atoms with Gasteiger partial charge < -0.3 is 9.23 Å². The summed E-state index contributed by atoms with van der Waals surface area (Å²) in [5, 5.41) is 1.16. The molecule has 3 aliphatic heterocycles. The molecule has 0 saturated carbocycles. The van der Waals surface area contributed by atoms with E-state index in [9.17, 15) is 0 Å². The standard InChI is InChI=1S/C43H33BN2OS/c1-26-23-32-29-16-12-20-38-41(29)46(34-17-9-11-19-37(34)48-38)44-39(32)35(24-26)45(42-40(44)30-15-8-10-18-36(30)47-42)33-22-21-28(43(2,3)4)25-31(33)27-13-6-5-7-14-27/h5-25H,1-4H3. The number of benzene rings is 6. The highest BCUT2D eigenvalue weighted by Crippen LogP contribution is 2.56. The lowest BCUT2D eigenvalue weighted by Gasteiger charge is -2.46. The summed E-state index contributed by atoms with van der Waals surface area (Å²) in [6, 6.07) is 46.9. The maximum atomic E-state index is 7.05. The Morgan fingerprint density at radius 1 is 0.625 bits per heavy atom. The van der Waals surface area contributed by atoms with Crippen molar-refractivity contribution in [1.82, 2.24) is 0 Å². The monoisotopic (exact) mass is 636 g/mol. The van der Waals surface area contributed by atoms with E-state index in [0.29, 0.717) is 0 Å². The van der Waals surface area contributed by atoms with Crippen molar-refractivity contribution in [2.75, 3.05) is 9.71 Å². The summed E-state index contributed by atoms with van der Waals surface area (Å²) < 4.78 is 7.05. The van der Waals surface area contributed by atoms with Gasteiger partial charge in [-0.15, -0.1) is 0 Å². The van der Waals surface area contributed by atoms with Crippen LogP contribution in [-0.2, 0) is 5.41 Å². The Kier molecular flexibility index (Phi) is 5.79. The number of rotatable bonds is 2. The van der Waals surface area contributed by atoms with Gasteiger partial charge in [-0.25, -0.2) is 0 Å². The molecule has 0 radical (unpaired) electrons. The third kappa shape index (κ3) is 3.85. The Morgan fingerprint density at radius 2 is 1.40 bits per heavy atom. The molecule has 5 heteroatoms. The largest absolute Gasteiger partial charge is 0.440 e. The van der Waals surface area contributed by atoms with Gasteiger partial charge in [0.25, 0.3) is 0 Å². The van der Waals surface area contributed by atoms with E-state index >= 15 is 0 Å². The summed E-state index contributed by atoms with van der Waals surface area (Å²) in [7, 11) is 0. The number of furan rings is 1. The number of hydrogen-bond donors (Lipinski definition) is 0. The van der Waals surface area contributed by atoms with E-state index in [1.807, 2.05) is 11.8 Å². The number of nitrogens with zero attached hydrogens (tertiary/aromatic N) is 2. The van der Waals surface area contributed by atoms with E-state index in [-0.39, 0.29) is 12.3 Å². The second-order valence-corrected chi connectivity index (χ2v) is 15.3. The first-order valence-corrected chi connectivity index (χ1v) is 17.5. The van der Waals surface area contributed by atoms with Gasteiger partial charge in [0, 0.05) is 43.1 Å². The molecule has 0 aliphatic carbocycles. The summed E-state index contributed by atoms with van der Waals surface area (Å²) >= 11 is 1.87. The highest BCUT2D eigenvalue weighted by Gasteiger charge is 2.50. The third-order valence-corrected chi connectivity index (χ3v) is 11.3. The van der Waals surface area contributed by atoms with Gasteiger partial charge in [-0.05, 0) is 82.5 Å². The lowest BCUT2D eigenvalue weighted by Crippen LogP contribution is -2.61. The quantitative estimate of drug-likeness (QED) is 0.176. The maximum absolute atomic E-state index is 7.05. The molecule has 6 aromatic carbocycles. The molecule has 0 bridgehead atoms. The van der Waals surface area contributed by atoms with Crippen LogP contribution in [0.3, 0.4) is 0 Å². The van der Waals surface area contributed by atoms with Gasteiger partial charge >= 0.3 is 6.85 Å². The number of fused-ring (bicyclic) bond motifs is 8. The first kappa shape index (κ1) is 27.9. The van der Waals surface area contributed by atoms with E-state index < -0.39 is 0 Å². The molecule has 0 spiro atoms. The molecule has 0 N–H and O–H groups in total. The van der Waals surface area contributed by atoms with Crippen LogP contribution in [0.1, 0.15) is 31.9 Å². The van der Waals surface area contributed by atoms with Crippen molar-refractivity contribution >= 4 is 69.1 Å². The molecule has 3 nitrogen and oxygen atoms in total. The molecule has 7 aromatic rings. The number of anilines is 5. The predicted octanol–water partition coefficient (Wildman–Crippen LogP) is 10.9. The van der Waals surface area contributed by atoms with Crippen molar-refractivity contribution in [1.29, 1.82) is 0 Å². The van der Waals surface area contributed by atoms with Crippen LogP contribution in [-0.4, -0.2) is 6.85 Å². The van der Waals surface area contributed by atoms with Gasteiger partial charge in [0.05, 0.1) is 11.4 Å². The normalized spacial score (nSPS) is 14.0. The second-order valence-electron chi connectivity index (χ2n) is 14.2. The summed E-state index contributed by atoms with van der Waals surface area (Å²) in [5.41, 5.74) is 15.8.